The summed E-state index contributed by atoms with van der Waals surface area (Å²) in [5.41, 5.74) is 1.20. The van der Waals surface area contributed by atoms with Gasteiger partial charge >= 0.3 is 0 Å². The average molecular weight is 264 g/mol. The lowest BCUT2D eigenvalue weighted by atomic mass is 10.1. The Labute approximate surface area is 115 Å². The molecular weight excluding hydrogens is 240 g/mol. The molecule has 0 spiro atoms. The Morgan fingerprint density at radius 2 is 2.05 bits per heavy atom. The number of carbonyl (C=O) groups excluding carboxylic acids is 1. The fourth-order valence-electron chi connectivity index (χ4n) is 1.87. The molecule has 1 atom stereocenters. The summed E-state index contributed by atoms with van der Waals surface area (Å²) < 4.78 is 5.19. The van der Waals surface area contributed by atoms with Crippen LogP contribution in [0.4, 0.5) is 0 Å². The highest BCUT2D eigenvalue weighted by molar-refractivity contribution is 5.78. The van der Waals surface area contributed by atoms with E-state index < -0.39 is 0 Å². The summed E-state index contributed by atoms with van der Waals surface area (Å²) in [4.78, 5) is 11.5. The summed E-state index contributed by atoms with van der Waals surface area (Å²) in [6, 6.07) is 8.42. The van der Waals surface area contributed by atoms with E-state index >= 15 is 0 Å². The first-order valence-corrected chi connectivity index (χ1v) is 6.67. The zero-order valence-electron chi connectivity index (χ0n) is 12.2. The highest BCUT2D eigenvalue weighted by atomic mass is 16.5. The van der Waals surface area contributed by atoms with Crippen LogP contribution in [-0.4, -0.2) is 31.6 Å². The molecule has 1 aromatic rings. The molecule has 0 aliphatic rings. The van der Waals surface area contributed by atoms with E-state index in [-0.39, 0.29) is 18.0 Å². The lowest BCUT2D eigenvalue weighted by molar-refractivity contribution is -0.120. The summed E-state index contributed by atoms with van der Waals surface area (Å²) in [6.45, 7) is 6.33. The molecule has 0 radical (unpaired) electrons. The largest absolute Gasteiger partial charge is 0.497 e. The van der Waals surface area contributed by atoms with Gasteiger partial charge < -0.3 is 15.4 Å². The fraction of sp³-hybridized carbons (Fsp3) is 0.533. The molecule has 106 valence electrons. The van der Waals surface area contributed by atoms with Gasteiger partial charge in [0.05, 0.1) is 13.7 Å². The van der Waals surface area contributed by atoms with E-state index in [9.17, 15) is 4.79 Å². The van der Waals surface area contributed by atoms with E-state index in [4.69, 9.17) is 4.74 Å². The zero-order valence-corrected chi connectivity index (χ0v) is 12.2. The van der Waals surface area contributed by atoms with Gasteiger partial charge in [-0.05, 0) is 44.9 Å². The van der Waals surface area contributed by atoms with E-state index in [2.05, 4.69) is 23.6 Å². The second-order valence-electron chi connectivity index (χ2n) is 5.06. The van der Waals surface area contributed by atoms with Gasteiger partial charge in [-0.15, -0.1) is 0 Å². The zero-order chi connectivity index (χ0) is 14.3. The van der Waals surface area contributed by atoms with E-state index in [1.54, 1.807) is 7.11 Å². The van der Waals surface area contributed by atoms with E-state index in [1.807, 2.05) is 32.0 Å². The van der Waals surface area contributed by atoms with Crippen molar-refractivity contribution in [1.82, 2.24) is 10.6 Å². The van der Waals surface area contributed by atoms with Crippen molar-refractivity contribution in [2.75, 3.05) is 13.7 Å². The van der Waals surface area contributed by atoms with Crippen LogP contribution in [0.15, 0.2) is 24.3 Å². The van der Waals surface area contributed by atoms with E-state index in [1.165, 1.54) is 5.56 Å². The van der Waals surface area contributed by atoms with Gasteiger partial charge in [0.2, 0.25) is 5.91 Å². The van der Waals surface area contributed by atoms with Gasteiger partial charge in [0.1, 0.15) is 5.75 Å². The third kappa shape index (κ3) is 6.25. The van der Waals surface area contributed by atoms with Crippen LogP contribution < -0.4 is 15.4 Å². The minimum Gasteiger partial charge on any atom is -0.497 e. The summed E-state index contributed by atoms with van der Waals surface area (Å²) in [5.74, 6) is 0.898. The highest BCUT2D eigenvalue weighted by Crippen LogP contribution is 2.13. The Kier molecular flexibility index (Phi) is 6.36. The number of nitrogens with one attached hydrogen (secondary N) is 2. The third-order valence-corrected chi connectivity index (χ3v) is 2.74. The predicted molar refractivity (Wildman–Crippen MR) is 77.4 cm³/mol. The first-order valence-electron chi connectivity index (χ1n) is 6.67. The van der Waals surface area contributed by atoms with Crippen LogP contribution in [0.1, 0.15) is 26.3 Å². The maximum atomic E-state index is 11.5. The first kappa shape index (κ1) is 15.5. The number of amides is 1. The number of rotatable bonds is 7. The van der Waals surface area contributed by atoms with Crippen LogP contribution in [0.3, 0.4) is 0 Å². The van der Waals surface area contributed by atoms with Crippen LogP contribution >= 0.6 is 0 Å². The van der Waals surface area contributed by atoms with E-state index in [0.717, 1.165) is 12.2 Å². The molecule has 4 heteroatoms. The molecule has 0 aliphatic carbocycles. The van der Waals surface area contributed by atoms with Crippen LogP contribution in [0.5, 0.6) is 5.75 Å². The average Bonchev–Trinajstić information content (AvgIpc) is 2.36. The topological polar surface area (TPSA) is 50.4 Å². The van der Waals surface area contributed by atoms with Crippen molar-refractivity contribution in [2.24, 2.45) is 0 Å². The number of benzene rings is 1. The molecule has 4 nitrogen and oxygen atoms in total. The Hall–Kier alpha value is -1.55. The second-order valence-corrected chi connectivity index (χ2v) is 5.06. The number of methoxy groups -OCH3 is 1. The Morgan fingerprint density at radius 3 is 2.68 bits per heavy atom. The van der Waals surface area contributed by atoms with Gasteiger partial charge in [-0.25, -0.2) is 0 Å². The van der Waals surface area contributed by atoms with Crippen LogP contribution in [0.25, 0.3) is 0 Å². The Bertz CT molecular complexity index is 405. The van der Waals surface area contributed by atoms with Crippen molar-refractivity contribution in [1.29, 1.82) is 0 Å². The quantitative estimate of drug-likeness (QED) is 0.788. The summed E-state index contributed by atoms with van der Waals surface area (Å²) in [7, 11) is 1.66. The summed E-state index contributed by atoms with van der Waals surface area (Å²) in [5, 5.41) is 6.08. The molecule has 1 amide bonds. The van der Waals surface area contributed by atoms with Crippen molar-refractivity contribution < 1.29 is 9.53 Å². The fourth-order valence-corrected chi connectivity index (χ4v) is 1.87. The standard InChI is InChI=1S/C15H24N2O2/c1-11(2)17-15(18)10-16-12(3)8-13-6-5-7-14(9-13)19-4/h5-7,9,11-12,16H,8,10H2,1-4H3,(H,17,18)/t12-/m0/s1. The predicted octanol–water partition coefficient (Wildman–Crippen LogP) is 1.74. The monoisotopic (exact) mass is 264 g/mol. The lowest BCUT2D eigenvalue weighted by Crippen LogP contribution is -2.41. The number of carbonyl (C=O) groups is 1. The molecule has 0 bridgehead atoms. The molecule has 0 saturated heterocycles. The third-order valence-electron chi connectivity index (χ3n) is 2.74. The van der Waals surface area contributed by atoms with Crippen LogP contribution in [0.2, 0.25) is 0 Å². The second kappa shape index (κ2) is 7.79. The molecule has 2 N–H and O–H groups in total. The van der Waals surface area contributed by atoms with Crippen LogP contribution in [-0.2, 0) is 11.2 Å². The maximum absolute atomic E-state index is 11.5. The van der Waals surface area contributed by atoms with Crippen molar-refractivity contribution in [3.05, 3.63) is 29.8 Å². The molecule has 0 aromatic heterocycles. The molecule has 19 heavy (non-hydrogen) atoms. The maximum Gasteiger partial charge on any atom is 0.234 e. The van der Waals surface area contributed by atoms with Gasteiger partial charge in [-0.1, -0.05) is 12.1 Å². The Morgan fingerprint density at radius 1 is 1.32 bits per heavy atom. The molecule has 0 heterocycles. The van der Waals surface area contributed by atoms with Crippen LogP contribution in [0, 0.1) is 0 Å². The van der Waals surface area contributed by atoms with E-state index in [0.29, 0.717) is 6.54 Å². The highest BCUT2D eigenvalue weighted by Gasteiger charge is 2.07. The summed E-state index contributed by atoms with van der Waals surface area (Å²) >= 11 is 0. The van der Waals surface area contributed by atoms with Gasteiger partial charge in [0.25, 0.3) is 0 Å². The molecule has 0 fully saturated rings. The normalized spacial score (nSPS) is 12.3. The molecule has 0 unspecified atom stereocenters. The molecule has 1 rings (SSSR count). The van der Waals surface area contributed by atoms with Crippen molar-refractivity contribution >= 4 is 5.91 Å². The number of hydrogen-bond acceptors (Lipinski definition) is 3. The molecule has 0 aliphatic heterocycles. The minimum absolute atomic E-state index is 0.0347. The SMILES string of the molecule is COc1cccc(C[C@H](C)NCC(=O)NC(C)C)c1. The first-order chi connectivity index (χ1) is 9.01. The van der Waals surface area contributed by atoms with Gasteiger partial charge in [0, 0.05) is 12.1 Å². The van der Waals surface area contributed by atoms with Gasteiger partial charge in [0.15, 0.2) is 0 Å². The van der Waals surface area contributed by atoms with Crippen molar-refractivity contribution in [3.63, 3.8) is 0 Å². The number of ether oxygens (including phenoxy) is 1. The minimum atomic E-state index is 0.0347. The van der Waals surface area contributed by atoms with Gasteiger partial charge in [-0.3, -0.25) is 4.79 Å². The lowest BCUT2D eigenvalue weighted by Gasteiger charge is -2.15. The van der Waals surface area contributed by atoms with Gasteiger partial charge in [-0.2, -0.15) is 0 Å². The molecule has 0 saturated carbocycles. The van der Waals surface area contributed by atoms with Crippen molar-refractivity contribution in [3.8, 4) is 5.75 Å². The Balaban J connectivity index is 2.38. The van der Waals surface area contributed by atoms with Crippen molar-refractivity contribution in [2.45, 2.75) is 39.3 Å². The molecular formula is C15H24N2O2. The molecule has 1 aromatic carbocycles. The smallest absolute Gasteiger partial charge is 0.234 e. The summed E-state index contributed by atoms with van der Waals surface area (Å²) in [6.07, 6.45) is 0.867. The number of hydrogen-bond donors (Lipinski definition) is 2.